The maximum atomic E-state index is 12.6. The molecule has 1 saturated heterocycles. The fraction of sp³-hybridized carbons (Fsp3) is 0.647. The number of nitrogens with zero attached hydrogens (tertiary/aromatic N) is 3. The van der Waals surface area contributed by atoms with Crippen molar-refractivity contribution in [2.24, 2.45) is 5.41 Å². The second kappa shape index (κ2) is 8.25. The number of amides is 1. The fourth-order valence-corrected chi connectivity index (χ4v) is 3.14. The summed E-state index contributed by atoms with van der Waals surface area (Å²) in [5, 5.41) is 0.104. The maximum Gasteiger partial charge on any atom is 0.290 e. The molecule has 0 bridgehead atoms. The average molecular weight is 357 g/mol. The van der Waals surface area contributed by atoms with Gasteiger partial charge in [-0.3, -0.25) is 9.69 Å². The Morgan fingerprint density at radius 3 is 2.54 bits per heavy atom. The maximum absolute atomic E-state index is 12.6. The lowest BCUT2D eigenvalue weighted by Crippen LogP contribution is -2.49. The molecule has 0 aromatic carbocycles. The van der Waals surface area contributed by atoms with Crippen LogP contribution in [0.5, 0.6) is 0 Å². The molecule has 0 spiro atoms. The first-order chi connectivity index (χ1) is 11.3. The molecule has 1 aliphatic rings. The Balaban J connectivity index is 1.94. The van der Waals surface area contributed by atoms with E-state index in [1.807, 2.05) is 0 Å². The van der Waals surface area contributed by atoms with Gasteiger partial charge in [-0.15, -0.1) is 0 Å². The monoisotopic (exact) mass is 357 g/mol. The number of hydrogen-bond donors (Lipinski definition) is 0. The molecule has 0 saturated carbocycles. The number of carbonyl (C=O) groups is 1. The SMILES string of the molecule is CC(C)(C)CCN1CCN(C(=O)c2cccnc2SC(F)F)CC1. The first-order valence-corrected chi connectivity index (χ1v) is 9.06. The van der Waals surface area contributed by atoms with Crippen LogP contribution in [-0.4, -0.2) is 59.2 Å². The number of rotatable bonds is 5. The van der Waals surface area contributed by atoms with Gasteiger partial charge in [-0.05, 0) is 42.3 Å². The number of aromatic nitrogens is 1. The highest BCUT2D eigenvalue weighted by Gasteiger charge is 2.25. The molecule has 1 aromatic heterocycles. The van der Waals surface area contributed by atoms with Gasteiger partial charge in [0.2, 0.25) is 0 Å². The smallest absolute Gasteiger partial charge is 0.290 e. The minimum Gasteiger partial charge on any atom is -0.336 e. The van der Waals surface area contributed by atoms with Gasteiger partial charge in [0.25, 0.3) is 11.7 Å². The largest absolute Gasteiger partial charge is 0.336 e. The van der Waals surface area contributed by atoms with E-state index < -0.39 is 5.76 Å². The van der Waals surface area contributed by atoms with Crippen LogP contribution in [0.3, 0.4) is 0 Å². The molecule has 0 aliphatic carbocycles. The van der Waals surface area contributed by atoms with Crippen molar-refractivity contribution in [3.8, 4) is 0 Å². The molecule has 24 heavy (non-hydrogen) atoms. The summed E-state index contributed by atoms with van der Waals surface area (Å²) in [6, 6.07) is 3.19. The van der Waals surface area contributed by atoms with E-state index in [-0.39, 0.29) is 16.5 Å². The van der Waals surface area contributed by atoms with Crippen molar-refractivity contribution >= 4 is 17.7 Å². The third-order valence-electron chi connectivity index (χ3n) is 4.04. The highest BCUT2D eigenvalue weighted by molar-refractivity contribution is 7.99. The van der Waals surface area contributed by atoms with E-state index in [2.05, 4.69) is 30.7 Å². The van der Waals surface area contributed by atoms with Crippen LogP contribution in [0.15, 0.2) is 23.4 Å². The molecular weight excluding hydrogens is 332 g/mol. The Labute approximate surface area is 146 Å². The van der Waals surface area contributed by atoms with Crippen molar-refractivity contribution < 1.29 is 13.6 Å². The average Bonchev–Trinajstić information content (AvgIpc) is 2.52. The minimum atomic E-state index is -2.58. The summed E-state index contributed by atoms with van der Waals surface area (Å²) in [6.07, 6.45) is 2.55. The molecule has 1 aromatic rings. The molecule has 1 fully saturated rings. The van der Waals surface area contributed by atoms with Gasteiger partial charge < -0.3 is 4.90 Å². The summed E-state index contributed by atoms with van der Waals surface area (Å²) in [6.45, 7) is 10.6. The molecule has 1 amide bonds. The molecule has 2 rings (SSSR count). The zero-order chi connectivity index (χ0) is 17.7. The molecule has 0 unspecified atom stereocenters. The standard InChI is InChI=1S/C17H25F2N3OS/c1-17(2,3)6-8-21-9-11-22(12-10-21)15(23)13-5-4-7-20-14(13)24-16(18)19/h4-5,7,16H,6,8-12H2,1-3H3. The van der Waals surface area contributed by atoms with Gasteiger partial charge >= 0.3 is 0 Å². The summed E-state index contributed by atoms with van der Waals surface area (Å²) >= 11 is 0.326. The predicted octanol–water partition coefficient (Wildman–Crippen LogP) is 3.59. The van der Waals surface area contributed by atoms with Gasteiger partial charge in [-0.1, -0.05) is 20.8 Å². The van der Waals surface area contributed by atoms with Gasteiger partial charge in [0, 0.05) is 32.4 Å². The van der Waals surface area contributed by atoms with Crippen LogP contribution in [-0.2, 0) is 0 Å². The number of hydrogen-bond acceptors (Lipinski definition) is 4. The lowest BCUT2D eigenvalue weighted by molar-refractivity contribution is 0.0619. The van der Waals surface area contributed by atoms with E-state index in [0.29, 0.717) is 30.3 Å². The van der Waals surface area contributed by atoms with Crippen molar-refractivity contribution in [2.75, 3.05) is 32.7 Å². The zero-order valence-corrected chi connectivity index (χ0v) is 15.3. The molecule has 0 radical (unpaired) electrons. The van der Waals surface area contributed by atoms with E-state index in [1.165, 1.54) is 6.20 Å². The van der Waals surface area contributed by atoms with Crippen LogP contribution in [0.4, 0.5) is 8.78 Å². The Hall–Kier alpha value is -1.21. The van der Waals surface area contributed by atoms with Gasteiger partial charge in [0.1, 0.15) is 5.03 Å². The predicted molar refractivity (Wildman–Crippen MR) is 92.5 cm³/mol. The molecule has 134 valence electrons. The summed E-state index contributed by atoms with van der Waals surface area (Å²) in [4.78, 5) is 20.7. The molecule has 0 N–H and O–H groups in total. The van der Waals surface area contributed by atoms with Crippen LogP contribution in [0.2, 0.25) is 0 Å². The lowest BCUT2D eigenvalue weighted by atomic mass is 9.92. The Kier molecular flexibility index (Phi) is 6.57. The van der Waals surface area contributed by atoms with Gasteiger partial charge in [0.05, 0.1) is 5.56 Å². The molecule has 2 heterocycles. The first kappa shape index (κ1) is 19.1. The van der Waals surface area contributed by atoms with Crippen LogP contribution in [0, 0.1) is 5.41 Å². The van der Waals surface area contributed by atoms with E-state index in [9.17, 15) is 13.6 Å². The number of alkyl halides is 2. The molecule has 4 nitrogen and oxygen atoms in total. The van der Waals surface area contributed by atoms with Crippen LogP contribution in [0.25, 0.3) is 0 Å². The lowest BCUT2D eigenvalue weighted by Gasteiger charge is -2.36. The Morgan fingerprint density at radius 1 is 1.29 bits per heavy atom. The summed E-state index contributed by atoms with van der Waals surface area (Å²) < 4.78 is 25.3. The molecule has 7 heteroatoms. The van der Waals surface area contributed by atoms with Gasteiger partial charge in [0.15, 0.2) is 0 Å². The van der Waals surface area contributed by atoms with Crippen molar-refractivity contribution in [2.45, 2.75) is 38.0 Å². The van der Waals surface area contributed by atoms with E-state index >= 15 is 0 Å². The highest BCUT2D eigenvalue weighted by Crippen LogP contribution is 2.27. The summed E-state index contributed by atoms with van der Waals surface area (Å²) in [5.41, 5.74) is 0.565. The first-order valence-electron chi connectivity index (χ1n) is 8.18. The van der Waals surface area contributed by atoms with Crippen LogP contribution in [0.1, 0.15) is 37.6 Å². The number of piperazine rings is 1. The van der Waals surface area contributed by atoms with Crippen molar-refractivity contribution in [1.29, 1.82) is 0 Å². The summed E-state index contributed by atoms with van der Waals surface area (Å²) in [5.74, 6) is -2.79. The second-order valence-corrected chi connectivity index (χ2v) is 8.16. The third kappa shape index (κ3) is 5.70. The number of pyridine rings is 1. The third-order valence-corrected chi connectivity index (χ3v) is 4.77. The molecular formula is C17H25F2N3OS. The van der Waals surface area contributed by atoms with E-state index in [1.54, 1.807) is 17.0 Å². The number of thioether (sulfide) groups is 1. The van der Waals surface area contributed by atoms with E-state index in [4.69, 9.17) is 0 Å². The molecule has 1 aliphatic heterocycles. The number of carbonyl (C=O) groups excluding carboxylic acids is 1. The topological polar surface area (TPSA) is 36.4 Å². The highest BCUT2D eigenvalue weighted by atomic mass is 32.2. The Bertz CT molecular complexity index is 555. The van der Waals surface area contributed by atoms with Crippen LogP contribution >= 0.6 is 11.8 Å². The molecule has 0 atom stereocenters. The van der Waals surface area contributed by atoms with Crippen molar-refractivity contribution in [1.82, 2.24) is 14.8 Å². The minimum absolute atomic E-state index is 0.104. The van der Waals surface area contributed by atoms with Gasteiger partial charge in [-0.2, -0.15) is 8.78 Å². The normalized spacial score (nSPS) is 16.7. The zero-order valence-electron chi connectivity index (χ0n) is 14.5. The van der Waals surface area contributed by atoms with Crippen molar-refractivity contribution in [3.05, 3.63) is 23.9 Å². The quantitative estimate of drug-likeness (QED) is 0.755. The fourth-order valence-electron chi connectivity index (χ4n) is 2.57. The van der Waals surface area contributed by atoms with Crippen LogP contribution < -0.4 is 0 Å². The number of halogens is 2. The van der Waals surface area contributed by atoms with E-state index in [0.717, 1.165) is 26.1 Å². The van der Waals surface area contributed by atoms with Crippen molar-refractivity contribution in [3.63, 3.8) is 0 Å². The van der Waals surface area contributed by atoms with Gasteiger partial charge in [-0.25, -0.2) is 4.98 Å². The summed E-state index contributed by atoms with van der Waals surface area (Å²) in [7, 11) is 0. The Morgan fingerprint density at radius 2 is 1.96 bits per heavy atom. The second-order valence-electron chi connectivity index (χ2n) is 7.18.